The SMILES string of the molecule is CCCC(C)(C)C(C)(C)OC(=O)OC1(C)COO1. The van der Waals surface area contributed by atoms with E-state index in [1.165, 1.54) is 0 Å². The molecule has 106 valence electrons. The van der Waals surface area contributed by atoms with Gasteiger partial charge in [0.2, 0.25) is 0 Å². The topological polar surface area (TPSA) is 54.0 Å². The molecule has 0 radical (unpaired) electrons. The maximum Gasteiger partial charge on any atom is 0.511 e. The van der Waals surface area contributed by atoms with Crippen LogP contribution in [0.2, 0.25) is 0 Å². The molecule has 1 saturated heterocycles. The van der Waals surface area contributed by atoms with Gasteiger partial charge in [0.05, 0.1) is 0 Å². The zero-order valence-electron chi connectivity index (χ0n) is 12.2. The second-order valence-electron chi connectivity index (χ2n) is 6.08. The van der Waals surface area contributed by atoms with Gasteiger partial charge in [-0.05, 0) is 20.3 Å². The van der Waals surface area contributed by atoms with Crippen LogP contribution in [0.15, 0.2) is 0 Å². The van der Waals surface area contributed by atoms with E-state index in [9.17, 15) is 4.79 Å². The summed E-state index contributed by atoms with van der Waals surface area (Å²) in [6.07, 6.45) is 1.27. The summed E-state index contributed by atoms with van der Waals surface area (Å²) in [5.74, 6) is -1.01. The number of rotatable bonds is 5. The molecule has 1 aliphatic heterocycles. The largest absolute Gasteiger partial charge is 0.511 e. The standard InChI is InChI=1S/C13H24O5/c1-7-8-11(2,3)12(4,5)16-10(14)17-13(6)9-15-18-13/h7-9H2,1-6H3. The number of hydrogen-bond donors (Lipinski definition) is 0. The monoisotopic (exact) mass is 260 g/mol. The van der Waals surface area contributed by atoms with Gasteiger partial charge >= 0.3 is 6.16 Å². The maximum absolute atomic E-state index is 11.7. The average molecular weight is 260 g/mol. The Morgan fingerprint density at radius 3 is 2.28 bits per heavy atom. The summed E-state index contributed by atoms with van der Waals surface area (Å²) in [6, 6.07) is 0. The molecule has 0 aromatic rings. The minimum Gasteiger partial charge on any atom is -0.428 e. The van der Waals surface area contributed by atoms with E-state index in [0.717, 1.165) is 12.8 Å². The Morgan fingerprint density at radius 1 is 1.33 bits per heavy atom. The van der Waals surface area contributed by atoms with Crippen molar-refractivity contribution in [2.24, 2.45) is 5.41 Å². The van der Waals surface area contributed by atoms with Crippen molar-refractivity contribution < 1.29 is 24.0 Å². The van der Waals surface area contributed by atoms with Crippen molar-refractivity contribution in [1.82, 2.24) is 0 Å². The molecule has 18 heavy (non-hydrogen) atoms. The summed E-state index contributed by atoms with van der Waals surface area (Å²) >= 11 is 0. The van der Waals surface area contributed by atoms with E-state index >= 15 is 0 Å². The van der Waals surface area contributed by atoms with E-state index in [0.29, 0.717) is 0 Å². The predicted molar refractivity (Wildman–Crippen MR) is 65.8 cm³/mol. The Hall–Kier alpha value is -0.810. The van der Waals surface area contributed by atoms with Crippen LogP contribution >= 0.6 is 0 Å². The van der Waals surface area contributed by atoms with Crippen molar-refractivity contribution in [3.63, 3.8) is 0 Å². The highest BCUT2D eigenvalue weighted by atomic mass is 17.3. The second-order valence-corrected chi connectivity index (χ2v) is 6.08. The highest BCUT2D eigenvalue weighted by Gasteiger charge is 2.45. The predicted octanol–water partition coefficient (Wildman–Crippen LogP) is 3.42. The molecule has 1 atom stereocenters. The second kappa shape index (κ2) is 5.05. The molecule has 0 spiro atoms. The van der Waals surface area contributed by atoms with Crippen molar-refractivity contribution in [3.8, 4) is 0 Å². The Balaban J connectivity index is 2.56. The molecule has 0 saturated carbocycles. The molecule has 1 fully saturated rings. The third-order valence-electron chi connectivity index (χ3n) is 3.70. The lowest BCUT2D eigenvalue weighted by Crippen LogP contribution is -2.50. The molecule has 0 N–H and O–H groups in total. The third kappa shape index (κ3) is 3.36. The van der Waals surface area contributed by atoms with Crippen molar-refractivity contribution in [2.45, 2.75) is 65.8 Å². The lowest BCUT2D eigenvalue weighted by molar-refractivity contribution is -0.522. The Labute approximate surface area is 109 Å². The summed E-state index contributed by atoms with van der Waals surface area (Å²) in [7, 11) is 0. The van der Waals surface area contributed by atoms with Crippen LogP contribution in [0.4, 0.5) is 4.79 Å². The number of ether oxygens (including phenoxy) is 2. The first-order chi connectivity index (χ1) is 8.12. The van der Waals surface area contributed by atoms with Crippen LogP contribution in [-0.4, -0.2) is 24.2 Å². The quantitative estimate of drug-likeness (QED) is 0.560. The Morgan fingerprint density at radius 2 is 1.89 bits per heavy atom. The molecule has 1 rings (SSSR count). The molecule has 5 nitrogen and oxygen atoms in total. The molecule has 1 unspecified atom stereocenters. The van der Waals surface area contributed by atoms with E-state index in [1.807, 2.05) is 13.8 Å². The zero-order chi connectivity index (χ0) is 14.0. The molecule has 5 heteroatoms. The summed E-state index contributed by atoms with van der Waals surface area (Å²) in [5.41, 5.74) is -0.736. The van der Waals surface area contributed by atoms with Crippen LogP contribution < -0.4 is 0 Å². The van der Waals surface area contributed by atoms with Gasteiger partial charge in [-0.25, -0.2) is 9.68 Å². The van der Waals surface area contributed by atoms with Crippen LogP contribution in [-0.2, 0) is 19.2 Å². The summed E-state index contributed by atoms with van der Waals surface area (Å²) in [5, 5.41) is 0. The van der Waals surface area contributed by atoms with E-state index in [1.54, 1.807) is 6.92 Å². The van der Waals surface area contributed by atoms with Crippen LogP contribution in [0, 0.1) is 5.41 Å². The zero-order valence-corrected chi connectivity index (χ0v) is 12.2. The molecule has 0 bridgehead atoms. The summed E-state index contributed by atoms with van der Waals surface area (Å²) in [6.45, 7) is 11.9. The van der Waals surface area contributed by atoms with E-state index in [2.05, 4.69) is 25.7 Å². The van der Waals surface area contributed by atoms with Gasteiger partial charge < -0.3 is 9.47 Å². The van der Waals surface area contributed by atoms with Gasteiger partial charge in [0.15, 0.2) is 6.61 Å². The van der Waals surface area contributed by atoms with Gasteiger partial charge in [0, 0.05) is 12.3 Å². The normalized spacial score (nSPS) is 24.3. The average Bonchev–Trinajstić information content (AvgIpc) is 2.13. The van der Waals surface area contributed by atoms with Gasteiger partial charge in [0.1, 0.15) is 5.60 Å². The van der Waals surface area contributed by atoms with Gasteiger partial charge in [0.25, 0.3) is 5.79 Å². The molecule has 0 aromatic heterocycles. The number of carbonyl (C=O) groups excluding carboxylic acids is 1. The molecule has 1 heterocycles. The number of carbonyl (C=O) groups is 1. The molecule has 0 amide bonds. The van der Waals surface area contributed by atoms with Gasteiger partial charge in [-0.3, -0.25) is 0 Å². The van der Waals surface area contributed by atoms with Crippen molar-refractivity contribution in [1.29, 1.82) is 0 Å². The fraction of sp³-hybridized carbons (Fsp3) is 0.923. The molecule has 0 aliphatic carbocycles. The van der Waals surface area contributed by atoms with E-state index in [-0.39, 0.29) is 12.0 Å². The van der Waals surface area contributed by atoms with Crippen LogP contribution in [0.5, 0.6) is 0 Å². The maximum atomic E-state index is 11.7. The van der Waals surface area contributed by atoms with Crippen LogP contribution in [0.3, 0.4) is 0 Å². The lowest BCUT2D eigenvalue weighted by Gasteiger charge is -2.41. The first-order valence-corrected chi connectivity index (χ1v) is 6.34. The molecular weight excluding hydrogens is 236 g/mol. The lowest BCUT2D eigenvalue weighted by atomic mass is 9.74. The first kappa shape index (κ1) is 15.2. The minimum atomic E-state index is -1.01. The highest BCUT2D eigenvalue weighted by molar-refractivity contribution is 5.61. The van der Waals surface area contributed by atoms with Crippen molar-refractivity contribution in [2.75, 3.05) is 6.61 Å². The summed E-state index contributed by atoms with van der Waals surface area (Å²) in [4.78, 5) is 21.0. The van der Waals surface area contributed by atoms with Crippen molar-refractivity contribution in [3.05, 3.63) is 0 Å². The Kier molecular flexibility index (Phi) is 4.28. The van der Waals surface area contributed by atoms with E-state index in [4.69, 9.17) is 14.4 Å². The Bertz CT molecular complexity index is 305. The first-order valence-electron chi connectivity index (χ1n) is 6.34. The molecule has 1 aliphatic rings. The van der Waals surface area contributed by atoms with Crippen LogP contribution in [0.25, 0.3) is 0 Å². The highest BCUT2D eigenvalue weighted by Crippen LogP contribution is 2.38. The van der Waals surface area contributed by atoms with Gasteiger partial charge in [-0.2, -0.15) is 4.89 Å². The van der Waals surface area contributed by atoms with Gasteiger partial charge in [-0.1, -0.05) is 27.2 Å². The number of hydrogen-bond acceptors (Lipinski definition) is 5. The summed E-state index contributed by atoms with van der Waals surface area (Å²) < 4.78 is 10.5. The van der Waals surface area contributed by atoms with Crippen molar-refractivity contribution >= 4 is 6.16 Å². The smallest absolute Gasteiger partial charge is 0.428 e. The molecular formula is C13H24O5. The van der Waals surface area contributed by atoms with Gasteiger partial charge in [-0.15, -0.1) is 0 Å². The van der Waals surface area contributed by atoms with Crippen LogP contribution in [0.1, 0.15) is 54.4 Å². The third-order valence-corrected chi connectivity index (χ3v) is 3.70. The minimum absolute atomic E-state index is 0.126. The fourth-order valence-corrected chi connectivity index (χ4v) is 1.74. The van der Waals surface area contributed by atoms with E-state index < -0.39 is 17.5 Å². The fourth-order valence-electron chi connectivity index (χ4n) is 1.74. The molecule has 0 aromatic carbocycles.